The summed E-state index contributed by atoms with van der Waals surface area (Å²) in [4.78, 5) is 11.7. The zero-order valence-corrected chi connectivity index (χ0v) is 9.32. The van der Waals surface area contributed by atoms with Crippen LogP contribution in [0.2, 0.25) is 0 Å². The molecule has 0 amide bonds. The van der Waals surface area contributed by atoms with Crippen LogP contribution in [-0.4, -0.2) is 21.4 Å². The van der Waals surface area contributed by atoms with Crippen molar-refractivity contribution in [3.05, 3.63) is 16.0 Å². The molecule has 3 N–H and O–H groups in total. The van der Waals surface area contributed by atoms with Gasteiger partial charge in [-0.3, -0.25) is 4.79 Å². The molecule has 15 heavy (non-hydrogen) atoms. The molecule has 0 radical (unpaired) electrons. The molecule has 1 heterocycles. The van der Waals surface area contributed by atoms with Gasteiger partial charge in [-0.15, -0.1) is 10.2 Å². The highest BCUT2D eigenvalue weighted by atomic mass is 16.1. The van der Waals surface area contributed by atoms with E-state index < -0.39 is 0 Å². The summed E-state index contributed by atoms with van der Waals surface area (Å²) in [5, 5.41) is 10.7. The van der Waals surface area contributed by atoms with Gasteiger partial charge in [0.2, 0.25) is 5.95 Å². The summed E-state index contributed by atoms with van der Waals surface area (Å²) in [7, 11) is 0. The number of nitrogens with two attached hydrogens (primary N) is 1. The minimum Gasteiger partial charge on any atom is -0.353 e. The molecule has 84 valence electrons. The second-order valence-electron chi connectivity index (χ2n) is 3.67. The van der Waals surface area contributed by atoms with Crippen LogP contribution in [0.15, 0.2) is 4.79 Å². The number of hydrogen-bond acceptors (Lipinski definition) is 5. The lowest BCUT2D eigenvalue weighted by atomic mass is 10.1. The van der Waals surface area contributed by atoms with E-state index in [2.05, 4.69) is 15.5 Å². The third-order valence-corrected chi connectivity index (χ3v) is 2.00. The van der Waals surface area contributed by atoms with Crippen molar-refractivity contribution in [3.8, 4) is 0 Å². The van der Waals surface area contributed by atoms with Gasteiger partial charge in [0.1, 0.15) is 5.69 Å². The third kappa shape index (κ3) is 2.45. The zero-order valence-electron chi connectivity index (χ0n) is 9.32. The largest absolute Gasteiger partial charge is 0.353 e. The molecule has 1 aromatic heterocycles. The topological polar surface area (TPSA) is 85.8 Å². The number of aromatic nitrogens is 3. The zero-order chi connectivity index (χ0) is 11.4. The van der Waals surface area contributed by atoms with Gasteiger partial charge in [0.15, 0.2) is 0 Å². The Kier molecular flexibility index (Phi) is 3.65. The lowest BCUT2D eigenvalue weighted by Gasteiger charge is -2.10. The van der Waals surface area contributed by atoms with E-state index >= 15 is 0 Å². The average molecular weight is 211 g/mol. The maximum Gasteiger partial charge on any atom is 0.295 e. The predicted octanol–water partition coefficient (Wildman–Crippen LogP) is 0.297. The van der Waals surface area contributed by atoms with Crippen molar-refractivity contribution in [3.63, 3.8) is 0 Å². The van der Waals surface area contributed by atoms with Crippen LogP contribution in [0.4, 0.5) is 5.95 Å². The van der Waals surface area contributed by atoms with Crippen molar-refractivity contribution in [2.75, 3.05) is 17.7 Å². The smallest absolute Gasteiger partial charge is 0.295 e. The van der Waals surface area contributed by atoms with Crippen molar-refractivity contribution >= 4 is 5.95 Å². The number of anilines is 1. The van der Waals surface area contributed by atoms with E-state index in [-0.39, 0.29) is 11.5 Å². The molecule has 6 nitrogen and oxygen atoms in total. The number of nitrogens with zero attached hydrogens (tertiary/aromatic N) is 3. The van der Waals surface area contributed by atoms with E-state index in [1.54, 1.807) is 0 Å². The molecule has 0 aromatic carbocycles. The molecule has 0 fully saturated rings. The molecule has 0 aliphatic heterocycles. The molecular weight excluding hydrogens is 194 g/mol. The van der Waals surface area contributed by atoms with Crippen LogP contribution in [0.5, 0.6) is 0 Å². The monoisotopic (exact) mass is 211 g/mol. The SMILES string of the molecule is CCCNc1nnc(C(C)C)c(=O)n1N. The number of hydrogen-bond donors (Lipinski definition) is 2. The lowest BCUT2D eigenvalue weighted by Crippen LogP contribution is -2.35. The van der Waals surface area contributed by atoms with Crippen molar-refractivity contribution < 1.29 is 0 Å². The molecule has 0 unspecified atom stereocenters. The van der Waals surface area contributed by atoms with E-state index in [1.807, 2.05) is 20.8 Å². The van der Waals surface area contributed by atoms with Crippen LogP contribution in [0.3, 0.4) is 0 Å². The van der Waals surface area contributed by atoms with Crippen LogP contribution < -0.4 is 16.7 Å². The lowest BCUT2D eigenvalue weighted by molar-refractivity contribution is 0.710. The Bertz CT molecular complexity index is 385. The van der Waals surface area contributed by atoms with E-state index in [0.717, 1.165) is 11.1 Å². The summed E-state index contributed by atoms with van der Waals surface area (Å²) in [5.41, 5.74) is 0.0955. The second kappa shape index (κ2) is 4.77. The van der Waals surface area contributed by atoms with Gasteiger partial charge in [0.25, 0.3) is 5.56 Å². The molecule has 0 saturated heterocycles. The van der Waals surface area contributed by atoms with Gasteiger partial charge in [-0.2, -0.15) is 4.68 Å². The van der Waals surface area contributed by atoms with Gasteiger partial charge in [0.05, 0.1) is 0 Å². The van der Waals surface area contributed by atoms with E-state index in [9.17, 15) is 4.79 Å². The molecule has 1 rings (SSSR count). The highest BCUT2D eigenvalue weighted by Crippen LogP contribution is 2.05. The van der Waals surface area contributed by atoms with Crippen LogP contribution >= 0.6 is 0 Å². The van der Waals surface area contributed by atoms with Crippen LogP contribution in [0.25, 0.3) is 0 Å². The normalized spacial score (nSPS) is 10.7. The van der Waals surface area contributed by atoms with Gasteiger partial charge in [-0.1, -0.05) is 20.8 Å². The summed E-state index contributed by atoms with van der Waals surface area (Å²) >= 11 is 0. The van der Waals surface area contributed by atoms with Crippen LogP contribution in [0.1, 0.15) is 38.8 Å². The number of rotatable bonds is 4. The van der Waals surface area contributed by atoms with Gasteiger partial charge >= 0.3 is 0 Å². The quantitative estimate of drug-likeness (QED) is 0.699. The molecule has 0 atom stereocenters. The Morgan fingerprint density at radius 2 is 2.13 bits per heavy atom. The Labute approximate surface area is 88.5 Å². The third-order valence-electron chi connectivity index (χ3n) is 2.00. The molecule has 0 bridgehead atoms. The Hall–Kier alpha value is -1.59. The van der Waals surface area contributed by atoms with Gasteiger partial charge in [0, 0.05) is 12.5 Å². The van der Waals surface area contributed by atoms with Crippen molar-refractivity contribution in [1.29, 1.82) is 0 Å². The molecule has 6 heteroatoms. The van der Waals surface area contributed by atoms with Crippen molar-refractivity contribution in [2.45, 2.75) is 33.1 Å². The molecule has 1 aromatic rings. The number of nitrogen functional groups attached to an aromatic ring is 1. The summed E-state index contributed by atoms with van der Waals surface area (Å²) in [6, 6.07) is 0. The number of nitrogens with one attached hydrogen (secondary N) is 1. The average Bonchev–Trinajstić information content (AvgIpc) is 2.20. The van der Waals surface area contributed by atoms with E-state index in [0.29, 0.717) is 18.2 Å². The first-order chi connectivity index (χ1) is 7.07. The molecule has 0 spiro atoms. The van der Waals surface area contributed by atoms with Gasteiger partial charge in [-0.05, 0) is 6.42 Å². The fraction of sp³-hybridized carbons (Fsp3) is 0.667. The first kappa shape index (κ1) is 11.5. The van der Waals surface area contributed by atoms with Gasteiger partial charge in [-0.25, -0.2) is 0 Å². The maximum absolute atomic E-state index is 11.7. The van der Waals surface area contributed by atoms with Crippen LogP contribution in [0, 0.1) is 0 Å². The predicted molar refractivity (Wildman–Crippen MR) is 59.3 cm³/mol. The Morgan fingerprint density at radius 3 is 2.67 bits per heavy atom. The molecule has 0 saturated carbocycles. The van der Waals surface area contributed by atoms with Crippen LogP contribution in [-0.2, 0) is 0 Å². The minimum atomic E-state index is -0.293. The molecule has 0 aliphatic rings. The molecule has 0 aliphatic carbocycles. The van der Waals surface area contributed by atoms with Crippen molar-refractivity contribution in [2.24, 2.45) is 0 Å². The fourth-order valence-corrected chi connectivity index (χ4v) is 1.13. The minimum absolute atomic E-state index is 0.0278. The first-order valence-corrected chi connectivity index (χ1v) is 5.06. The first-order valence-electron chi connectivity index (χ1n) is 5.06. The Morgan fingerprint density at radius 1 is 1.47 bits per heavy atom. The highest BCUT2D eigenvalue weighted by Gasteiger charge is 2.12. The second-order valence-corrected chi connectivity index (χ2v) is 3.67. The summed E-state index contributed by atoms with van der Waals surface area (Å²) in [6.45, 7) is 6.49. The molecular formula is C9H17N5O. The summed E-state index contributed by atoms with van der Waals surface area (Å²) in [5.74, 6) is 5.94. The van der Waals surface area contributed by atoms with E-state index in [1.165, 1.54) is 0 Å². The van der Waals surface area contributed by atoms with E-state index in [4.69, 9.17) is 5.84 Å². The fourth-order valence-electron chi connectivity index (χ4n) is 1.13. The Balaban J connectivity index is 3.05. The summed E-state index contributed by atoms with van der Waals surface area (Å²) < 4.78 is 1.01. The van der Waals surface area contributed by atoms with Crippen molar-refractivity contribution in [1.82, 2.24) is 14.9 Å². The summed E-state index contributed by atoms with van der Waals surface area (Å²) in [6.07, 6.45) is 0.932. The highest BCUT2D eigenvalue weighted by molar-refractivity contribution is 5.24. The van der Waals surface area contributed by atoms with Gasteiger partial charge < -0.3 is 11.2 Å². The standard InChI is InChI=1S/C9H17N5O/c1-4-5-11-9-13-12-7(6(2)3)8(15)14(9)10/h6H,4-5,10H2,1-3H3,(H,11,13). The maximum atomic E-state index is 11.7.